The summed E-state index contributed by atoms with van der Waals surface area (Å²) in [6.45, 7) is 7.70. The smallest absolute Gasteiger partial charge is 0.312 e. The number of rotatable bonds is 5. The molecule has 0 aromatic heterocycles. The van der Waals surface area contributed by atoms with Gasteiger partial charge in [0.25, 0.3) is 0 Å². The summed E-state index contributed by atoms with van der Waals surface area (Å²) in [5.74, 6) is -7.34. The third-order valence-electron chi connectivity index (χ3n) is 9.22. The van der Waals surface area contributed by atoms with Crippen LogP contribution in [0.2, 0.25) is 0 Å². The lowest BCUT2D eigenvalue weighted by Crippen LogP contribution is -2.75. The average Bonchev–Trinajstić information content (AvgIpc) is 3.61. The number of hydrogen-bond acceptors (Lipinski definition) is 14. The summed E-state index contributed by atoms with van der Waals surface area (Å²) in [5, 5.41) is 34.9. The predicted octanol–water partition coefficient (Wildman–Crippen LogP) is 0.0492. The number of aliphatic hydroxyl groups excluding tert-OH is 1. The zero-order valence-electron chi connectivity index (χ0n) is 24.8. The minimum absolute atomic E-state index is 0.00200. The predicted molar refractivity (Wildman–Crippen MR) is 142 cm³/mol. The summed E-state index contributed by atoms with van der Waals surface area (Å²) in [4.78, 5) is 63.0. The molecule has 4 rings (SSSR count). The summed E-state index contributed by atoms with van der Waals surface area (Å²) in [6, 6.07) is 0. The molecule has 14 nitrogen and oxygen atoms in total. The van der Waals surface area contributed by atoms with Crippen LogP contribution in [0.25, 0.3) is 0 Å². The van der Waals surface area contributed by atoms with Gasteiger partial charge in [0.15, 0.2) is 11.7 Å². The Morgan fingerprint density at radius 1 is 0.907 bits per heavy atom. The van der Waals surface area contributed by atoms with Crippen molar-refractivity contribution >= 4 is 41.4 Å². The number of hydrogen-bond donors (Lipinski definition) is 3. The fourth-order valence-electron chi connectivity index (χ4n) is 7.27. The third kappa shape index (κ3) is 5.30. The van der Waals surface area contributed by atoms with Crippen molar-refractivity contribution in [2.45, 2.75) is 109 Å². The zero-order valence-corrected chi connectivity index (χ0v) is 25.6. The summed E-state index contributed by atoms with van der Waals surface area (Å²) >= 11 is 6.71. The molecule has 0 amide bonds. The monoisotopic (exact) mass is 632 g/mol. The van der Waals surface area contributed by atoms with Gasteiger partial charge >= 0.3 is 29.8 Å². The fraction of sp³-hybridized carbons (Fsp3) is 0.750. The summed E-state index contributed by atoms with van der Waals surface area (Å²) in [6.07, 6.45) is -10.1. The van der Waals surface area contributed by atoms with Crippen molar-refractivity contribution in [3.8, 4) is 0 Å². The molecule has 2 heterocycles. The second-order valence-corrected chi connectivity index (χ2v) is 12.4. The van der Waals surface area contributed by atoms with E-state index in [1.165, 1.54) is 20.8 Å². The van der Waals surface area contributed by atoms with Crippen LogP contribution in [-0.4, -0.2) is 106 Å². The lowest BCUT2D eigenvalue weighted by Gasteiger charge is -2.60. The van der Waals surface area contributed by atoms with Gasteiger partial charge in [-0.05, 0) is 13.8 Å². The molecule has 0 radical (unpaired) electrons. The van der Waals surface area contributed by atoms with E-state index < -0.39 is 108 Å². The molecule has 240 valence electrons. The van der Waals surface area contributed by atoms with Gasteiger partial charge in [-0.25, -0.2) is 0 Å². The van der Waals surface area contributed by atoms with Gasteiger partial charge < -0.3 is 43.7 Å². The van der Waals surface area contributed by atoms with Crippen molar-refractivity contribution in [1.82, 2.24) is 0 Å². The molecule has 0 bridgehead atoms. The maximum Gasteiger partial charge on any atom is 0.312 e. The highest BCUT2D eigenvalue weighted by Crippen LogP contribution is 2.61. The maximum absolute atomic E-state index is 13.1. The summed E-state index contributed by atoms with van der Waals surface area (Å²) in [7, 11) is 0. The number of ether oxygens (including phenoxy) is 6. The molecule has 2 saturated heterocycles. The second kappa shape index (κ2) is 11.3. The van der Waals surface area contributed by atoms with E-state index in [0.29, 0.717) is 0 Å². The van der Waals surface area contributed by atoms with Crippen LogP contribution in [0.5, 0.6) is 0 Å². The minimum atomic E-state index is -2.53. The van der Waals surface area contributed by atoms with E-state index in [1.807, 2.05) is 0 Å². The molecule has 0 aromatic rings. The van der Waals surface area contributed by atoms with Crippen molar-refractivity contribution in [2.75, 3.05) is 6.61 Å². The van der Waals surface area contributed by atoms with E-state index in [9.17, 15) is 39.3 Å². The molecule has 12 atom stereocenters. The molecule has 2 aliphatic heterocycles. The molecule has 3 N–H and O–H groups in total. The number of esters is 5. The maximum atomic E-state index is 13.1. The van der Waals surface area contributed by atoms with Crippen molar-refractivity contribution in [2.24, 2.45) is 17.3 Å². The fourth-order valence-corrected chi connectivity index (χ4v) is 7.66. The molecule has 0 aromatic carbocycles. The van der Waals surface area contributed by atoms with Crippen LogP contribution < -0.4 is 0 Å². The van der Waals surface area contributed by atoms with Crippen molar-refractivity contribution < 1.29 is 67.7 Å². The highest BCUT2D eigenvalue weighted by atomic mass is 35.5. The zero-order chi connectivity index (χ0) is 32.4. The largest absolute Gasteiger partial charge is 0.462 e. The van der Waals surface area contributed by atoms with E-state index in [1.54, 1.807) is 0 Å². The molecule has 0 spiro atoms. The number of epoxide rings is 1. The Morgan fingerprint density at radius 3 is 1.93 bits per heavy atom. The Labute approximate surface area is 252 Å². The summed E-state index contributed by atoms with van der Waals surface area (Å²) < 4.78 is 34.2. The van der Waals surface area contributed by atoms with Gasteiger partial charge in [-0.3, -0.25) is 24.0 Å². The van der Waals surface area contributed by atoms with Gasteiger partial charge in [0, 0.05) is 45.6 Å². The standard InChI is InChI=1S/C28H37ClO14/c1-10-25(35)43-22-18(29)15(9-30)19-20(42-19)23(40-13(4)33)26(6)16(38-11(2)31)8-17(39-12(3)32)27(7,36)21(26)24(28(10,22)37)41-14(5)34/h10,16-17,19-24,30,36-37H,8-9H2,1-7H3/b18-15+/t10-,16-,17+,19+,20+,21+,22-,23+,24+,26-,27+,28-/m0/s1. The van der Waals surface area contributed by atoms with Gasteiger partial charge in [-0.1, -0.05) is 18.5 Å². The summed E-state index contributed by atoms with van der Waals surface area (Å²) in [5.41, 5.74) is -6.53. The number of fused-ring (bicyclic) bond motifs is 3. The van der Waals surface area contributed by atoms with Gasteiger partial charge in [0.2, 0.25) is 0 Å². The highest BCUT2D eigenvalue weighted by Gasteiger charge is 2.76. The Kier molecular flexibility index (Phi) is 8.70. The van der Waals surface area contributed by atoms with Crippen molar-refractivity contribution in [3.63, 3.8) is 0 Å². The first kappa shape index (κ1) is 33.1. The molecule has 43 heavy (non-hydrogen) atoms. The lowest BCUT2D eigenvalue weighted by molar-refractivity contribution is -0.291. The van der Waals surface area contributed by atoms with Crippen molar-refractivity contribution in [1.29, 1.82) is 0 Å². The van der Waals surface area contributed by atoms with E-state index in [-0.39, 0.29) is 17.0 Å². The first-order valence-corrected chi connectivity index (χ1v) is 14.2. The van der Waals surface area contributed by atoms with Crippen LogP contribution in [0.3, 0.4) is 0 Å². The van der Waals surface area contributed by atoms with Crippen LogP contribution in [0.1, 0.15) is 54.9 Å². The average molecular weight is 633 g/mol. The lowest BCUT2D eigenvalue weighted by atomic mass is 9.51. The number of aliphatic hydroxyl groups is 3. The van der Waals surface area contributed by atoms with E-state index in [0.717, 1.165) is 27.7 Å². The van der Waals surface area contributed by atoms with Gasteiger partial charge in [0.05, 0.1) is 23.0 Å². The first-order chi connectivity index (χ1) is 19.8. The SMILES string of the molecule is CC(=O)O[C@H]1C[C@@H](OC(C)=O)[C@@](C)(O)[C@@H]2[C@@H](OC(C)=O)[C@]3(O)[C@@H](C)C(=O)O[C@H]3/C(Cl)=C(/CO)[C@H]3O[C@H]3[C@@H](OC(C)=O)[C@@]12C. The first-order valence-electron chi connectivity index (χ1n) is 13.8. The number of carbonyl (C=O) groups excluding carboxylic acids is 5. The Hall–Kier alpha value is -2.78. The van der Waals surface area contributed by atoms with Crippen molar-refractivity contribution in [3.05, 3.63) is 10.6 Å². The third-order valence-corrected chi connectivity index (χ3v) is 9.66. The van der Waals surface area contributed by atoms with Crippen LogP contribution in [0.4, 0.5) is 0 Å². The van der Waals surface area contributed by atoms with Crippen LogP contribution in [0, 0.1) is 17.3 Å². The van der Waals surface area contributed by atoms with Gasteiger partial charge in [-0.15, -0.1) is 0 Å². The van der Waals surface area contributed by atoms with Crippen LogP contribution in [0.15, 0.2) is 10.6 Å². The molecule has 3 fully saturated rings. The van der Waals surface area contributed by atoms with E-state index >= 15 is 0 Å². The Morgan fingerprint density at radius 2 is 1.42 bits per heavy atom. The van der Waals surface area contributed by atoms with Crippen LogP contribution in [-0.2, 0) is 52.4 Å². The van der Waals surface area contributed by atoms with Gasteiger partial charge in [-0.2, -0.15) is 0 Å². The minimum Gasteiger partial charge on any atom is -0.462 e. The topological polar surface area (TPSA) is 205 Å². The number of halogens is 1. The molecular weight excluding hydrogens is 596 g/mol. The highest BCUT2D eigenvalue weighted by molar-refractivity contribution is 6.31. The Balaban J connectivity index is 2.14. The quantitative estimate of drug-likeness (QED) is 0.208. The van der Waals surface area contributed by atoms with Crippen LogP contribution >= 0.6 is 11.6 Å². The normalized spacial score (nSPS) is 45.4. The van der Waals surface area contributed by atoms with E-state index in [2.05, 4.69) is 0 Å². The molecule has 1 saturated carbocycles. The molecule has 0 unspecified atom stereocenters. The molecule has 15 heteroatoms. The number of carbonyl (C=O) groups is 5. The Bertz CT molecular complexity index is 1250. The molecule has 4 aliphatic rings. The van der Waals surface area contributed by atoms with Gasteiger partial charge in [0.1, 0.15) is 42.2 Å². The molecular formula is C28H37ClO14. The van der Waals surface area contributed by atoms with E-state index in [4.69, 9.17) is 40.0 Å². The molecule has 2 aliphatic carbocycles. The second-order valence-electron chi connectivity index (χ2n) is 12.0.